The Morgan fingerprint density at radius 1 is 0.844 bits per heavy atom. The van der Waals surface area contributed by atoms with E-state index in [1.807, 2.05) is 48.5 Å². The summed E-state index contributed by atoms with van der Waals surface area (Å²) in [6.45, 7) is 0.359. The molecule has 5 rings (SSSR count). The Balaban J connectivity index is 1.28. The molecule has 0 unspecified atom stereocenters. The van der Waals surface area contributed by atoms with E-state index in [0.29, 0.717) is 11.5 Å². The van der Waals surface area contributed by atoms with Crippen LogP contribution in [0.2, 0.25) is 0 Å². The van der Waals surface area contributed by atoms with Crippen molar-refractivity contribution >= 4 is 39.6 Å². The van der Waals surface area contributed by atoms with Crippen LogP contribution >= 0.6 is 0 Å². The maximum atomic E-state index is 12.2. The second-order valence-corrected chi connectivity index (χ2v) is 7.30. The van der Waals surface area contributed by atoms with E-state index in [0.717, 1.165) is 32.7 Å². The first-order valence-corrected chi connectivity index (χ1v) is 10.1. The molecule has 158 valence electrons. The number of nitrogens with one attached hydrogen (secondary N) is 2. The van der Waals surface area contributed by atoms with Gasteiger partial charge in [-0.3, -0.25) is 9.59 Å². The number of fused-ring (bicyclic) bond motifs is 3. The number of rotatable bonds is 4. The van der Waals surface area contributed by atoms with E-state index < -0.39 is 11.8 Å². The Morgan fingerprint density at radius 2 is 1.53 bits per heavy atom. The van der Waals surface area contributed by atoms with Crippen LogP contribution in [0.25, 0.3) is 21.5 Å². The third-order valence-corrected chi connectivity index (χ3v) is 5.27. The van der Waals surface area contributed by atoms with Crippen molar-refractivity contribution in [2.45, 2.75) is 6.54 Å². The van der Waals surface area contributed by atoms with E-state index >= 15 is 0 Å². The number of hydrogen-bond donors (Lipinski definition) is 2. The monoisotopic (exact) mass is 425 g/mol. The van der Waals surface area contributed by atoms with Crippen molar-refractivity contribution in [1.82, 2.24) is 10.7 Å². The molecule has 0 aromatic heterocycles. The average molecular weight is 425 g/mol. The average Bonchev–Trinajstić information content (AvgIpc) is 3.30. The van der Waals surface area contributed by atoms with Crippen LogP contribution in [0.4, 0.5) is 0 Å². The molecule has 32 heavy (non-hydrogen) atoms. The lowest BCUT2D eigenvalue weighted by atomic mass is 9.97. The van der Waals surface area contributed by atoms with Gasteiger partial charge in [-0.05, 0) is 45.3 Å². The van der Waals surface area contributed by atoms with Crippen LogP contribution in [0, 0.1) is 0 Å². The maximum absolute atomic E-state index is 12.2. The van der Waals surface area contributed by atoms with E-state index in [9.17, 15) is 9.59 Å². The second-order valence-electron chi connectivity index (χ2n) is 7.30. The predicted molar refractivity (Wildman–Crippen MR) is 122 cm³/mol. The molecular weight excluding hydrogens is 406 g/mol. The van der Waals surface area contributed by atoms with Crippen molar-refractivity contribution in [3.05, 3.63) is 83.9 Å². The van der Waals surface area contributed by atoms with Gasteiger partial charge in [0.25, 0.3) is 0 Å². The third-order valence-electron chi connectivity index (χ3n) is 5.27. The summed E-state index contributed by atoms with van der Waals surface area (Å²) < 4.78 is 10.6. The molecule has 7 heteroatoms. The molecule has 7 nitrogen and oxygen atoms in total. The van der Waals surface area contributed by atoms with Crippen LogP contribution in [-0.4, -0.2) is 24.8 Å². The summed E-state index contributed by atoms with van der Waals surface area (Å²) in [6, 6.07) is 23.4. The molecule has 0 radical (unpaired) electrons. The van der Waals surface area contributed by atoms with Gasteiger partial charge in [0.1, 0.15) is 0 Å². The van der Waals surface area contributed by atoms with Crippen molar-refractivity contribution in [3.63, 3.8) is 0 Å². The number of carbonyl (C=O) groups is 2. The normalized spacial score (nSPS) is 12.4. The van der Waals surface area contributed by atoms with Crippen LogP contribution in [0.15, 0.2) is 77.9 Å². The number of nitrogens with zero attached hydrogens (tertiary/aromatic N) is 1. The van der Waals surface area contributed by atoms with Gasteiger partial charge in [-0.1, -0.05) is 54.6 Å². The van der Waals surface area contributed by atoms with Gasteiger partial charge in [0, 0.05) is 12.1 Å². The molecule has 0 saturated carbocycles. The quantitative estimate of drug-likeness (QED) is 0.227. The SMILES string of the molecule is O=C(NCc1ccc2c(c1)OCO2)C(=O)N/N=C\c1c2ccccc2cc2ccccc12. The predicted octanol–water partition coefficient (Wildman–Crippen LogP) is 3.49. The molecule has 1 aliphatic heterocycles. The molecule has 1 heterocycles. The van der Waals surface area contributed by atoms with Gasteiger partial charge in [-0.25, -0.2) is 5.43 Å². The highest BCUT2D eigenvalue weighted by Crippen LogP contribution is 2.32. The van der Waals surface area contributed by atoms with E-state index in [1.165, 1.54) is 0 Å². The first-order valence-electron chi connectivity index (χ1n) is 10.1. The van der Waals surface area contributed by atoms with E-state index in [1.54, 1.807) is 24.4 Å². The van der Waals surface area contributed by atoms with Crippen molar-refractivity contribution in [3.8, 4) is 11.5 Å². The highest BCUT2D eigenvalue weighted by Gasteiger charge is 2.15. The van der Waals surface area contributed by atoms with Gasteiger partial charge in [0.05, 0.1) is 6.21 Å². The Labute approximate surface area is 183 Å². The molecular formula is C25H19N3O4. The molecule has 0 fully saturated rings. The lowest BCUT2D eigenvalue weighted by Gasteiger charge is -2.08. The maximum Gasteiger partial charge on any atom is 0.329 e. The zero-order valence-corrected chi connectivity index (χ0v) is 17.0. The van der Waals surface area contributed by atoms with Crippen LogP contribution in [-0.2, 0) is 16.1 Å². The number of ether oxygens (including phenoxy) is 2. The fourth-order valence-electron chi connectivity index (χ4n) is 3.71. The van der Waals surface area contributed by atoms with Crippen LogP contribution < -0.4 is 20.2 Å². The van der Waals surface area contributed by atoms with E-state index in [4.69, 9.17) is 9.47 Å². The molecule has 0 saturated heterocycles. The molecule has 4 aromatic rings. The summed E-state index contributed by atoms with van der Waals surface area (Å²) in [5.41, 5.74) is 3.98. The Morgan fingerprint density at radius 3 is 2.28 bits per heavy atom. The minimum Gasteiger partial charge on any atom is -0.454 e. The molecule has 4 aromatic carbocycles. The minimum atomic E-state index is -0.841. The van der Waals surface area contributed by atoms with Gasteiger partial charge in [-0.15, -0.1) is 0 Å². The Kier molecular flexibility index (Phi) is 5.13. The van der Waals surface area contributed by atoms with Gasteiger partial charge in [0.15, 0.2) is 11.5 Å². The highest BCUT2D eigenvalue weighted by molar-refractivity contribution is 6.35. The highest BCUT2D eigenvalue weighted by atomic mass is 16.7. The van der Waals surface area contributed by atoms with Crippen LogP contribution in [0.1, 0.15) is 11.1 Å². The smallest absolute Gasteiger partial charge is 0.329 e. The van der Waals surface area contributed by atoms with Crippen LogP contribution in [0.3, 0.4) is 0 Å². The lowest BCUT2D eigenvalue weighted by molar-refractivity contribution is -0.139. The Bertz CT molecular complexity index is 1330. The topological polar surface area (TPSA) is 89.0 Å². The van der Waals surface area contributed by atoms with Gasteiger partial charge >= 0.3 is 11.8 Å². The van der Waals surface area contributed by atoms with Crippen LogP contribution in [0.5, 0.6) is 11.5 Å². The molecule has 0 spiro atoms. The van der Waals surface area contributed by atoms with E-state index in [2.05, 4.69) is 21.9 Å². The zero-order valence-electron chi connectivity index (χ0n) is 17.0. The van der Waals surface area contributed by atoms with Gasteiger partial charge in [0.2, 0.25) is 6.79 Å². The fraction of sp³-hybridized carbons (Fsp3) is 0.0800. The molecule has 0 atom stereocenters. The van der Waals surface area contributed by atoms with E-state index in [-0.39, 0.29) is 13.3 Å². The largest absolute Gasteiger partial charge is 0.454 e. The standard InChI is InChI=1S/C25H19N3O4/c29-24(26-13-16-9-10-22-23(11-16)32-15-31-22)25(30)28-27-14-21-19-7-3-1-5-17(19)12-18-6-2-4-8-20(18)21/h1-12,14H,13,15H2,(H,26,29)(H,28,30)/b27-14-. The summed E-state index contributed by atoms with van der Waals surface area (Å²) >= 11 is 0. The number of amides is 2. The lowest BCUT2D eigenvalue weighted by Crippen LogP contribution is -2.37. The first-order chi connectivity index (χ1) is 15.7. The minimum absolute atomic E-state index is 0.178. The molecule has 2 N–H and O–H groups in total. The molecule has 0 bridgehead atoms. The number of hydrazone groups is 1. The summed E-state index contributed by atoms with van der Waals surface area (Å²) in [5, 5.41) is 10.8. The zero-order chi connectivity index (χ0) is 21.9. The summed E-state index contributed by atoms with van der Waals surface area (Å²) in [4.78, 5) is 24.4. The number of hydrogen-bond acceptors (Lipinski definition) is 5. The fourth-order valence-corrected chi connectivity index (χ4v) is 3.71. The Hall–Kier alpha value is -4.39. The van der Waals surface area contributed by atoms with Gasteiger partial charge in [-0.2, -0.15) is 5.10 Å². The summed E-state index contributed by atoms with van der Waals surface area (Å²) in [5.74, 6) is -0.338. The first kappa shape index (κ1) is 19.6. The molecule has 2 amide bonds. The van der Waals surface area contributed by atoms with Crippen molar-refractivity contribution in [1.29, 1.82) is 0 Å². The summed E-state index contributed by atoms with van der Waals surface area (Å²) in [7, 11) is 0. The third kappa shape index (κ3) is 3.83. The molecule has 1 aliphatic rings. The number of carbonyl (C=O) groups excluding carboxylic acids is 2. The second kappa shape index (κ2) is 8.39. The van der Waals surface area contributed by atoms with Crippen molar-refractivity contribution < 1.29 is 19.1 Å². The van der Waals surface area contributed by atoms with Crippen molar-refractivity contribution in [2.24, 2.45) is 5.10 Å². The number of benzene rings is 4. The summed E-state index contributed by atoms with van der Waals surface area (Å²) in [6.07, 6.45) is 1.58. The molecule has 0 aliphatic carbocycles. The van der Waals surface area contributed by atoms with Gasteiger partial charge < -0.3 is 14.8 Å². The van der Waals surface area contributed by atoms with Crippen molar-refractivity contribution in [2.75, 3.05) is 6.79 Å².